The monoisotopic (exact) mass is 285 g/mol. The van der Waals surface area contributed by atoms with E-state index in [2.05, 4.69) is 17.2 Å². The van der Waals surface area contributed by atoms with Crippen LogP contribution in [0.4, 0.5) is 10.5 Å². The van der Waals surface area contributed by atoms with Crippen molar-refractivity contribution in [3.8, 4) is 11.8 Å². The van der Waals surface area contributed by atoms with Gasteiger partial charge in [0.1, 0.15) is 0 Å². The molecule has 1 aromatic carbocycles. The molecule has 1 saturated heterocycles. The lowest BCUT2D eigenvalue weighted by Gasteiger charge is -2.33. The van der Waals surface area contributed by atoms with Crippen molar-refractivity contribution in [3.05, 3.63) is 29.8 Å². The van der Waals surface area contributed by atoms with Crippen molar-refractivity contribution in [2.45, 2.75) is 13.8 Å². The van der Waals surface area contributed by atoms with Crippen molar-refractivity contribution in [3.63, 3.8) is 0 Å². The van der Waals surface area contributed by atoms with Gasteiger partial charge in [0.25, 0.3) is 5.91 Å². The van der Waals surface area contributed by atoms with Gasteiger partial charge in [0.2, 0.25) is 0 Å². The van der Waals surface area contributed by atoms with E-state index < -0.39 is 0 Å². The predicted molar refractivity (Wildman–Crippen MR) is 81.8 cm³/mol. The van der Waals surface area contributed by atoms with Gasteiger partial charge >= 0.3 is 6.03 Å². The first-order chi connectivity index (χ1) is 10.1. The van der Waals surface area contributed by atoms with Gasteiger partial charge in [0.15, 0.2) is 0 Å². The Balaban J connectivity index is 1.88. The minimum atomic E-state index is -0.170. The first kappa shape index (κ1) is 14.9. The van der Waals surface area contributed by atoms with Crippen LogP contribution in [0.2, 0.25) is 0 Å². The number of carbonyl (C=O) groups excluding carboxylic acids is 2. The molecule has 1 aliphatic rings. The molecule has 0 spiro atoms. The van der Waals surface area contributed by atoms with Crippen LogP contribution in [0, 0.1) is 18.8 Å². The van der Waals surface area contributed by atoms with Crippen LogP contribution in [0.3, 0.4) is 0 Å². The van der Waals surface area contributed by atoms with Crippen molar-refractivity contribution in [1.29, 1.82) is 0 Å². The summed E-state index contributed by atoms with van der Waals surface area (Å²) in [6.45, 7) is 5.71. The number of benzene rings is 1. The second kappa shape index (κ2) is 6.80. The minimum absolute atomic E-state index is 0.130. The Bertz CT molecular complexity index is 593. The lowest BCUT2D eigenvalue weighted by atomic mass is 10.2. The lowest BCUT2D eigenvalue weighted by molar-refractivity contribution is -0.126. The fourth-order valence-corrected chi connectivity index (χ4v) is 2.22. The van der Waals surface area contributed by atoms with E-state index in [-0.39, 0.29) is 11.9 Å². The topological polar surface area (TPSA) is 52.7 Å². The van der Waals surface area contributed by atoms with Gasteiger partial charge in [0.05, 0.1) is 0 Å². The Hall–Kier alpha value is -2.48. The highest BCUT2D eigenvalue weighted by Gasteiger charge is 2.23. The largest absolute Gasteiger partial charge is 0.328 e. The van der Waals surface area contributed by atoms with Gasteiger partial charge in [0, 0.05) is 31.9 Å². The number of urea groups is 1. The number of hydrogen-bond acceptors (Lipinski definition) is 2. The summed E-state index contributed by atoms with van der Waals surface area (Å²) in [5.41, 5.74) is 1.89. The molecule has 1 heterocycles. The number of anilines is 1. The minimum Gasteiger partial charge on any atom is -0.328 e. The van der Waals surface area contributed by atoms with Gasteiger partial charge < -0.3 is 15.1 Å². The zero-order valence-electron chi connectivity index (χ0n) is 12.3. The molecule has 0 saturated carbocycles. The number of carbonyl (C=O) groups is 2. The molecule has 0 aliphatic carbocycles. The summed E-state index contributed by atoms with van der Waals surface area (Å²) in [5, 5.41) is 2.88. The van der Waals surface area contributed by atoms with E-state index in [9.17, 15) is 9.59 Å². The molecule has 110 valence electrons. The van der Waals surface area contributed by atoms with Crippen LogP contribution in [0.25, 0.3) is 0 Å². The van der Waals surface area contributed by atoms with E-state index in [1.54, 1.807) is 16.7 Å². The van der Waals surface area contributed by atoms with Crippen molar-refractivity contribution < 1.29 is 9.59 Å². The highest BCUT2D eigenvalue weighted by atomic mass is 16.2. The summed E-state index contributed by atoms with van der Waals surface area (Å²) in [6, 6.07) is 7.55. The molecular weight excluding hydrogens is 266 g/mol. The first-order valence-corrected chi connectivity index (χ1v) is 6.94. The molecule has 0 atom stereocenters. The second-order valence-corrected chi connectivity index (χ2v) is 4.95. The van der Waals surface area contributed by atoms with Gasteiger partial charge in [-0.25, -0.2) is 4.79 Å². The number of piperazine rings is 1. The van der Waals surface area contributed by atoms with Crippen LogP contribution in [0.5, 0.6) is 0 Å². The molecule has 3 amide bonds. The maximum atomic E-state index is 12.2. The number of amides is 3. The lowest BCUT2D eigenvalue weighted by Crippen LogP contribution is -2.51. The summed E-state index contributed by atoms with van der Waals surface area (Å²) in [5.74, 6) is 4.96. The summed E-state index contributed by atoms with van der Waals surface area (Å²) >= 11 is 0. The Labute approximate surface area is 124 Å². The number of aryl methyl sites for hydroxylation is 1. The number of nitrogens with zero attached hydrogens (tertiary/aromatic N) is 2. The number of hydrogen-bond donors (Lipinski definition) is 1. The molecule has 1 fully saturated rings. The third-order valence-electron chi connectivity index (χ3n) is 3.36. The van der Waals surface area contributed by atoms with E-state index in [0.717, 1.165) is 11.3 Å². The molecule has 0 radical (unpaired) electrons. The molecule has 5 nitrogen and oxygen atoms in total. The third kappa shape index (κ3) is 3.99. The van der Waals surface area contributed by atoms with Gasteiger partial charge in [-0.2, -0.15) is 0 Å². The van der Waals surface area contributed by atoms with E-state index >= 15 is 0 Å². The Kier molecular flexibility index (Phi) is 4.83. The number of nitrogens with one attached hydrogen (secondary N) is 1. The van der Waals surface area contributed by atoms with E-state index in [4.69, 9.17) is 0 Å². The van der Waals surface area contributed by atoms with Crippen molar-refractivity contribution in [1.82, 2.24) is 9.80 Å². The van der Waals surface area contributed by atoms with Crippen LogP contribution in [-0.2, 0) is 4.79 Å². The maximum Gasteiger partial charge on any atom is 0.321 e. The molecule has 0 aromatic heterocycles. The summed E-state index contributed by atoms with van der Waals surface area (Å²) in [6.07, 6.45) is 0. The van der Waals surface area contributed by atoms with Gasteiger partial charge in [-0.3, -0.25) is 4.79 Å². The molecule has 0 bridgehead atoms. The summed E-state index contributed by atoms with van der Waals surface area (Å²) < 4.78 is 0. The van der Waals surface area contributed by atoms with Gasteiger partial charge in [-0.05, 0) is 37.5 Å². The molecule has 1 aliphatic heterocycles. The quantitative estimate of drug-likeness (QED) is 0.798. The first-order valence-electron chi connectivity index (χ1n) is 6.94. The molecule has 1 N–H and O–H groups in total. The highest BCUT2D eigenvalue weighted by molar-refractivity contribution is 5.94. The van der Waals surface area contributed by atoms with Crippen LogP contribution < -0.4 is 5.32 Å². The average Bonchev–Trinajstić information content (AvgIpc) is 2.47. The fourth-order valence-electron chi connectivity index (χ4n) is 2.22. The van der Waals surface area contributed by atoms with Gasteiger partial charge in [-0.1, -0.05) is 18.1 Å². The smallest absolute Gasteiger partial charge is 0.321 e. The highest BCUT2D eigenvalue weighted by Crippen LogP contribution is 2.11. The fraction of sp³-hybridized carbons (Fsp3) is 0.375. The molecule has 1 aromatic rings. The summed E-state index contributed by atoms with van der Waals surface area (Å²) in [4.78, 5) is 27.2. The standard InChI is InChI=1S/C16H19N3O2/c1-3-5-15(20)18-8-10-19(11-9-18)16(21)17-14-7-4-6-13(2)12-14/h4,6-7,12H,8-11H2,1-2H3,(H,17,21). The zero-order chi connectivity index (χ0) is 15.2. The summed E-state index contributed by atoms with van der Waals surface area (Å²) in [7, 11) is 0. The van der Waals surface area contributed by atoms with Crippen LogP contribution in [0.1, 0.15) is 12.5 Å². The maximum absolute atomic E-state index is 12.2. The van der Waals surface area contributed by atoms with E-state index in [1.807, 2.05) is 31.2 Å². The molecular formula is C16H19N3O2. The molecule has 0 unspecified atom stereocenters. The normalized spacial score (nSPS) is 14.2. The van der Waals surface area contributed by atoms with Gasteiger partial charge in [-0.15, -0.1) is 0 Å². The molecule has 21 heavy (non-hydrogen) atoms. The number of rotatable bonds is 1. The van der Waals surface area contributed by atoms with Crippen molar-refractivity contribution in [2.24, 2.45) is 0 Å². The Morgan fingerprint density at radius 2 is 1.81 bits per heavy atom. The molecule has 5 heteroatoms. The van der Waals surface area contributed by atoms with E-state index in [0.29, 0.717) is 26.2 Å². The predicted octanol–water partition coefficient (Wildman–Crippen LogP) is 1.69. The van der Waals surface area contributed by atoms with Crippen LogP contribution >= 0.6 is 0 Å². The molecule has 2 rings (SSSR count). The average molecular weight is 285 g/mol. The Morgan fingerprint density at radius 3 is 2.43 bits per heavy atom. The second-order valence-electron chi connectivity index (χ2n) is 4.95. The third-order valence-corrected chi connectivity index (χ3v) is 3.36. The SMILES string of the molecule is CC#CC(=O)N1CCN(C(=O)Nc2cccc(C)c2)CC1. The zero-order valence-corrected chi connectivity index (χ0v) is 12.3. The van der Waals surface area contributed by atoms with Crippen molar-refractivity contribution in [2.75, 3.05) is 31.5 Å². The van der Waals surface area contributed by atoms with Crippen molar-refractivity contribution >= 4 is 17.6 Å². The Morgan fingerprint density at radius 1 is 1.14 bits per heavy atom. The van der Waals surface area contributed by atoms with E-state index in [1.165, 1.54) is 0 Å². The van der Waals surface area contributed by atoms with Crippen LogP contribution in [0.15, 0.2) is 24.3 Å². The van der Waals surface area contributed by atoms with Crippen LogP contribution in [-0.4, -0.2) is 47.9 Å².